The van der Waals surface area contributed by atoms with Gasteiger partial charge in [-0.2, -0.15) is 13.2 Å². The number of amides is 1. The summed E-state index contributed by atoms with van der Waals surface area (Å²) in [5.74, 6) is -0.0167. The molecule has 0 saturated carbocycles. The Morgan fingerprint density at radius 2 is 1.43 bits per heavy atom. The van der Waals surface area contributed by atoms with Gasteiger partial charge in [0.05, 0.1) is 17.6 Å². The van der Waals surface area contributed by atoms with Gasteiger partial charge in [0.15, 0.2) is 0 Å². The lowest BCUT2D eigenvalue weighted by Gasteiger charge is -2.34. The van der Waals surface area contributed by atoms with Crippen molar-refractivity contribution in [3.63, 3.8) is 0 Å². The van der Waals surface area contributed by atoms with Crippen LogP contribution in [0.4, 0.5) is 13.2 Å². The minimum Gasteiger partial charge on any atom is -0.336 e. The number of rotatable bonds is 5. The van der Waals surface area contributed by atoms with Crippen LogP contribution < -0.4 is 0 Å². The van der Waals surface area contributed by atoms with Crippen LogP contribution in [0, 0.1) is 0 Å². The molecule has 1 amide bonds. The van der Waals surface area contributed by atoms with Gasteiger partial charge in [0.2, 0.25) is 0 Å². The molecule has 1 aromatic heterocycles. The minimum atomic E-state index is -4.33. The van der Waals surface area contributed by atoms with Gasteiger partial charge >= 0.3 is 6.18 Å². The molecule has 0 N–H and O–H groups in total. The van der Waals surface area contributed by atoms with E-state index in [0.717, 1.165) is 34.3 Å². The second-order valence-electron chi connectivity index (χ2n) is 8.70. The zero-order chi connectivity index (χ0) is 24.4. The quantitative estimate of drug-likeness (QED) is 0.424. The van der Waals surface area contributed by atoms with Crippen molar-refractivity contribution in [2.24, 2.45) is 0 Å². The number of hydrogen-bond donors (Lipinski definition) is 0. The van der Waals surface area contributed by atoms with E-state index in [1.807, 2.05) is 58.1 Å². The highest BCUT2D eigenvalue weighted by molar-refractivity contribution is 5.94. The maximum atomic E-state index is 13.0. The van der Waals surface area contributed by atoms with Crippen LogP contribution in [0.5, 0.6) is 0 Å². The molecule has 0 bridgehead atoms. The Bertz CT molecular complexity index is 1310. The third-order valence-corrected chi connectivity index (χ3v) is 6.30. The lowest BCUT2D eigenvalue weighted by molar-refractivity contribution is -0.137. The molecule has 1 aliphatic rings. The lowest BCUT2D eigenvalue weighted by atomic mass is 10.1. The van der Waals surface area contributed by atoms with Gasteiger partial charge in [-0.3, -0.25) is 9.69 Å². The summed E-state index contributed by atoms with van der Waals surface area (Å²) in [7, 11) is 0. The number of aromatic nitrogens is 3. The summed E-state index contributed by atoms with van der Waals surface area (Å²) in [6.07, 6.45) is -4.33. The fraction of sp³-hybridized carbons (Fsp3) is 0.269. The maximum absolute atomic E-state index is 13.0. The van der Waals surface area contributed by atoms with Crippen LogP contribution in [0.15, 0.2) is 72.8 Å². The number of nitrogens with zero attached hydrogens (tertiary/aromatic N) is 5. The van der Waals surface area contributed by atoms with Gasteiger partial charge < -0.3 is 4.90 Å². The van der Waals surface area contributed by atoms with E-state index in [0.29, 0.717) is 44.8 Å². The summed E-state index contributed by atoms with van der Waals surface area (Å²) in [5, 5.41) is 8.38. The number of halogens is 3. The minimum absolute atomic E-state index is 0.0167. The van der Waals surface area contributed by atoms with Crippen LogP contribution in [0.25, 0.3) is 11.0 Å². The number of carbonyl (C=O) groups is 1. The SMILES string of the molecule is O=C(c1ccc(Cn2nnc3ccccc32)cc1)N1CCN(Cc2ccc(C(F)(F)F)cc2)CC1. The van der Waals surface area contributed by atoms with Crippen LogP contribution in [0.3, 0.4) is 0 Å². The van der Waals surface area contributed by atoms with E-state index >= 15 is 0 Å². The average molecular weight is 480 g/mol. The zero-order valence-electron chi connectivity index (χ0n) is 18.9. The van der Waals surface area contributed by atoms with Gasteiger partial charge in [-0.05, 0) is 47.5 Å². The first-order valence-electron chi connectivity index (χ1n) is 11.4. The molecular formula is C26H24F3N5O. The molecule has 3 aromatic carbocycles. The van der Waals surface area contributed by atoms with E-state index in [9.17, 15) is 18.0 Å². The first-order valence-corrected chi connectivity index (χ1v) is 11.4. The number of para-hydroxylation sites is 1. The van der Waals surface area contributed by atoms with Crippen molar-refractivity contribution in [1.82, 2.24) is 24.8 Å². The third kappa shape index (κ3) is 5.19. The summed E-state index contributed by atoms with van der Waals surface area (Å²) in [6.45, 7) is 3.62. The lowest BCUT2D eigenvalue weighted by Crippen LogP contribution is -2.48. The highest BCUT2D eigenvalue weighted by Crippen LogP contribution is 2.29. The predicted molar refractivity (Wildman–Crippen MR) is 126 cm³/mol. The molecule has 35 heavy (non-hydrogen) atoms. The van der Waals surface area contributed by atoms with Gasteiger partial charge in [-0.15, -0.1) is 5.10 Å². The average Bonchev–Trinajstić information content (AvgIpc) is 3.27. The fourth-order valence-corrected chi connectivity index (χ4v) is 4.31. The van der Waals surface area contributed by atoms with Gasteiger partial charge in [-0.1, -0.05) is 41.6 Å². The molecule has 2 heterocycles. The number of benzene rings is 3. The highest BCUT2D eigenvalue weighted by Gasteiger charge is 2.30. The Morgan fingerprint density at radius 1 is 0.800 bits per heavy atom. The topological polar surface area (TPSA) is 54.3 Å². The smallest absolute Gasteiger partial charge is 0.336 e. The Hall–Kier alpha value is -3.72. The second kappa shape index (κ2) is 9.50. The van der Waals surface area contributed by atoms with Gasteiger partial charge in [-0.25, -0.2) is 4.68 Å². The molecule has 0 atom stereocenters. The first kappa shape index (κ1) is 23.0. The van der Waals surface area contributed by atoms with E-state index in [1.54, 1.807) is 0 Å². The molecule has 1 fully saturated rings. The standard InChI is InChI=1S/C26H24F3N5O/c27-26(28,29)22-11-7-19(8-12-22)17-32-13-15-33(16-14-32)25(35)21-9-5-20(6-10-21)18-34-24-4-2-1-3-23(24)30-31-34/h1-12H,13-18H2. The van der Waals surface area contributed by atoms with E-state index in [2.05, 4.69) is 15.2 Å². The zero-order valence-corrected chi connectivity index (χ0v) is 18.9. The predicted octanol–water partition coefficient (Wildman–Crippen LogP) is 4.46. The number of hydrogen-bond acceptors (Lipinski definition) is 4. The summed E-state index contributed by atoms with van der Waals surface area (Å²) in [6, 6.07) is 20.6. The van der Waals surface area contributed by atoms with Crippen molar-refractivity contribution in [1.29, 1.82) is 0 Å². The van der Waals surface area contributed by atoms with Gasteiger partial charge in [0.25, 0.3) is 5.91 Å². The molecule has 5 rings (SSSR count). The molecule has 1 aliphatic heterocycles. The molecule has 0 radical (unpaired) electrons. The molecule has 180 valence electrons. The maximum Gasteiger partial charge on any atom is 0.416 e. The molecule has 9 heteroatoms. The molecular weight excluding hydrogens is 455 g/mol. The molecule has 4 aromatic rings. The largest absolute Gasteiger partial charge is 0.416 e. The van der Waals surface area contributed by atoms with E-state index < -0.39 is 11.7 Å². The molecule has 1 saturated heterocycles. The summed E-state index contributed by atoms with van der Waals surface area (Å²) < 4.78 is 40.1. The van der Waals surface area contributed by atoms with E-state index in [4.69, 9.17) is 0 Å². The fourth-order valence-electron chi connectivity index (χ4n) is 4.31. The van der Waals surface area contributed by atoms with E-state index in [-0.39, 0.29) is 5.91 Å². The highest BCUT2D eigenvalue weighted by atomic mass is 19.4. The van der Waals surface area contributed by atoms with Crippen LogP contribution in [0.2, 0.25) is 0 Å². The van der Waals surface area contributed by atoms with Crippen LogP contribution >= 0.6 is 0 Å². The summed E-state index contributed by atoms with van der Waals surface area (Å²) >= 11 is 0. The van der Waals surface area contributed by atoms with Crippen molar-refractivity contribution in [3.8, 4) is 0 Å². The van der Waals surface area contributed by atoms with Crippen molar-refractivity contribution >= 4 is 16.9 Å². The van der Waals surface area contributed by atoms with E-state index in [1.165, 1.54) is 12.1 Å². The second-order valence-corrected chi connectivity index (χ2v) is 8.70. The molecule has 0 spiro atoms. The number of alkyl halides is 3. The first-order chi connectivity index (χ1) is 16.9. The normalized spacial score (nSPS) is 15.0. The van der Waals surface area contributed by atoms with Crippen LogP contribution in [0.1, 0.15) is 27.0 Å². The number of carbonyl (C=O) groups excluding carboxylic acids is 1. The summed E-state index contributed by atoms with van der Waals surface area (Å²) in [4.78, 5) is 16.9. The Morgan fingerprint density at radius 3 is 2.11 bits per heavy atom. The third-order valence-electron chi connectivity index (χ3n) is 6.30. The number of piperazine rings is 1. The monoisotopic (exact) mass is 479 g/mol. The Balaban J connectivity index is 1.15. The molecule has 0 unspecified atom stereocenters. The van der Waals surface area contributed by atoms with Crippen molar-refractivity contribution in [3.05, 3.63) is 95.1 Å². The van der Waals surface area contributed by atoms with Crippen molar-refractivity contribution < 1.29 is 18.0 Å². The van der Waals surface area contributed by atoms with Crippen LogP contribution in [-0.4, -0.2) is 56.9 Å². The Labute approximate surface area is 200 Å². The molecule has 6 nitrogen and oxygen atoms in total. The molecule has 0 aliphatic carbocycles. The van der Waals surface area contributed by atoms with Crippen molar-refractivity contribution in [2.45, 2.75) is 19.3 Å². The summed E-state index contributed by atoms with van der Waals surface area (Å²) in [5.41, 5.74) is 3.65. The van der Waals surface area contributed by atoms with Gasteiger partial charge in [0, 0.05) is 38.3 Å². The van der Waals surface area contributed by atoms with Crippen molar-refractivity contribution in [2.75, 3.05) is 26.2 Å². The Kier molecular flexibility index (Phi) is 6.25. The van der Waals surface area contributed by atoms with Crippen LogP contribution in [-0.2, 0) is 19.3 Å². The number of fused-ring (bicyclic) bond motifs is 1. The van der Waals surface area contributed by atoms with Gasteiger partial charge in [0.1, 0.15) is 5.52 Å².